The van der Waals surface area contributed by atoms with E-state index >= 15 is 0 Å². The van der Waals surface area contributed by atoms with Gasteiger partial charge in [-0.25, -0.2) is 0 Å². The maximum atomic E-state index is 5.49. The van der Waals surface area contributed by atoms with Crippen molar-refractivity contribution in [3.05, 3.63) is 23.8 Å². The molecule has 3 rings (SSSR count). The topological polar surface area (TPSA) is 49.3 Å². The number of methoxy groups -OCH3 is 2. The standard InChI is InChI=1S/C23H38N4O2/c1-23(2,19-8-9-20(28-4)21(14-19)29-5)17-25-22(24-3)27-13-10-18(16-27)15-26-11-6-7-12-26/h8-9,14,18H,6-7,10-13,15-17H2,1-5H3,(H,24,25). The molecule has 162 valence electrons. The molecule has 1 aromatic carbocycles. The van der Waals surface area contributed by atoms with Crippen LogP contribution in [0.15, 0.2) is 23.2 Å². The van der Waals surface area contributed by atoms with Gasteiger partial charge in [-0.15, -0.1) is 0 Å². The molecule has 6 nitrogen and oxygen atoms in total. The predicted octanol–water partition coefficient (Wildman–Crippen LogP) is 2.97. The highest BCUT2D eigenvalue weighted by Crippen LogP contribution is 2.33. The summed E-state index contributed by atoms with van der Waals surface area (Å²) in [6.07, 6.45) is 3.99. The second-order valence-corrected chi connectivity index (χ2v) is 8.96. The lowest BCUT2D eigenvalue weighted by atomic mass is 9.84. The normalized spacial score (nSPS) is 20.9. The third kappa shape index (κ3) is 5.35. The van der Waals surface area contributed by atoms with E-state index in [1.807, 2.05) is 13.1 Å². The first-order valence-electron chi connectivity index (χ1n) is 10.9. The van der Waals surface area contributed by atoms with Crippen molar-refractivity contribution in [2.75, 3.05) is 60.5 Å². The van der Waals surface area contributed by atoms with E-state index in [1.165, 1.54) is 44.5 Å². The number of nitrogens with one attached hydrogen (secondary N) is 1. The first-order chi connectivity index (χ1) is 14.0. The van der Waals surface area contributed by atoms with Crippen LogP contribution in [0, 0.1) is 5.92 Å². The Hall–Kier alpha value is -1.95. The molecule has 1 atom stereocenters. The Morgan fingerprint density at radius 2 is 1.86 bits per heavy atom. The van der Waals surface area contributed by atoms with Crippen LogP contribution in [-0.2, 0) is 5.41 Å². The van der Waals surface area contributed by atoms with Gasteiger partial charge in [0.1, 0.15) is 0 Å². The molecular weight excluding hydrogens is 364 g/mol. The van der Waals surface area contributed by atoms with Crippen molar-refractivity contribution in [2.45, 2.75) is 38.5 Å². The molecule has 0 radical (unpaired) electrons. The molecule has 2 aliphatic heterocycles. The molecule has 0 aliphatic carbocycles. The molecule has 0 saturated carbocycles. The molecule has 0 amide bonds. The van der Waals surface area contributed by atoms with E-state index in [0.29, 0.717) is 0 Å². The monoisotopic (exact) mass is 402 g/mol. The Balaban J connectivity index is 1.57. The van der Waals surface area contributed by atoms with E-state index in [-0.39, 0.29) is 5.41 Å². The zero-order valence-corrected chi connectivity index (χ0v) is 18.8. The summed E-state index contributed by atoms with van der Waals surface area (Å²) < 4.78 is 10.9. The van der Waals surface area contributed by atoms with Gasteiger partial charge in [-0.1, -0.05) is 19.9 Å². The smallest absolute Gasteiger partial charge is 0.193 e. The van der Waals surface area contributed by atoms with E-state index in [1.54, 1.807) is 14.2 Å². The van der Waals surface area contributed by atoms with Crippen molar-refractivity contribution >= 4 is 5.96 Å². The lowest BCUT2D eigenvalue weighted by Gasteiger charge is -2.30. The molecule has 2 aliphatic rings. The van der Waals surface area contributed by atoms with E-state index in [4.69, 9.17) is 9.47 Å². The zero-order chi connectivity index (χ0) is 20.9. The Labute approximate surface area is 176 Å². The first kappa shape index (κ1) is 21.8. The van der Waals surface area contributed by atoms with Gasteiger partial charge in [0, 0.05) is 38.6 Å². The summed E-state index contributed by atoms with van der Waals surface area (Å²) in [6.45, 7) is 11.3. The fourth-order valence-corrected chi connectivity index (χ4v) is 4.50. The third-order valence-corrected chi connectivity index (χ3v) is 6.37. The van der Waals surface area contributed by atoms with Crippen LogP contribution in [0.4, 0.5) is 0 Å². The maximum Gasteiger partial charge on any atom is 0.193 e. The number of ether oxygens (including phenoxy) is 2. The lowest BCUT2D eigenvalue weighted by molar-refractivity contribution is 0.281. The summed E-state index contributed by atoms with van der Waals surface area (Å²) in [5.41, 5.74) is 1.15. The molecule has 0 aromatic heterocycles. The lowest BCUT2D eigenvalue weighted by Crippen LogP contribution is -2.45. The van der Waals surface area contributed by atoms with Gasteiger partial charge in [0.2, 0.25) is 0 Å². The molecule has 1 aromatic rings. The van der Waals surface area contributed by atoms with Gasteiger partial charge in [-0.3, -0.25) is 4.99 Å². The number of benzene rings is 1. The molecule has 1 N–H and O–H groups in total. The second kappa shape index (κ2) is 9.70. The Kier molecular flexibility index (Phi) is 7.28. The van der Waals surface area contributed by atoms with E-state index in [0.717, 1.165) is 43.0 Å². The molecule has 2 heterocycles. The maximum absolute atomic E-state index is 5.49. The van der Waals surface area contributed by atoms with E-state index < -0.39 is 0 Å². The molecule has 29 heavy (non-hydrogen) atoms. The Bertz CT molecular complexity index is 698. The second-order valence-electron chi connectivity index (χ2n) is 8.96. The molecule has 2 fully saturated rings. The van der Waals surface area contributed by atoms with Crippen LogP contribution in [-0.4, -0.2) is 76.3 Å². The van der Waals surface area contributed by atoms with E-state index in [2.05, 4.69) is 46.1 Å². The number of likely N-dealkylation sites (tertiary alicyclic amines) is 2. The summed E-state index contributed by atoms with van der Waals surface area (Å²) in [5.74, 6) is 3.30. The minimum absolute atomic E-state index is 0.0653. The number of hydrogen-bond acceptors (Lipinski definition) is 4. The Morgan fingerprint density at radius 1 is 1.14 bits per heavy atom. The zero-order valence-electron chi connectivity index (χ0n) is 18.8. The molecule has 6 heteroatoms. The molecule has 2 saturated heterocycles. The average molecular weight is 403 g/mol. The fraction of sp³-hybridized carbons (Fsp3) is 0.696. The van der Waals surface area contributed by atoms with Crippen LogP contribution < -0.4 is 14.8 Å². The molecule has 0 spiro atoms. The molecule has 0 bridgehead atoms. The van der Waals surface area contributed by atoms with Crippen LogP contribution in [0.5, 0.6) is 11.5 Å². The summed E-state index contributed by atoms with van der Waals surface area (Å²) in [7, 11) is 5.24. The summed E-state index contributed by atoms with van der Waals surface area (Å²) in [4.78, 5) is 9.62. The van der Waals surface area contributed by atoms with Gasteiger partial charge in [-0.05, 0) is 56.0 Å². The number of aliphatic imine (C=N–C) groups is 1. The Morgan fingerprint density at radius 3 is 2.52 bits per heavy atom. The van der Waals surface area contributed by atoms with Crippen molar-refractivity contribution in [1.82, 2.24) is 15.1 Å². The number of nitrogens with zero attached hydrogens (tertiary/aromatic N) is 3. The minimum Gasteiger partial charge on any atom is -0.493 e. The summed E-state index contributed by atoms with van der Waals surface area (Å²) in [6, 6.07) is 6.17. The number of rotatable bonds is 7. The van der Waals surface area contributed by atoms with Gasteiger partial charge in [-0.2, -0.15) is 0 Å². The van der Waals surface area contributed by atoms with Crippen molar-refractivity contribution in [3.63, 3.8) is 0 Å². The van der Waals surface area contributed by atoms with Crippen molar-refractivity contribution < 1.29 is 9.47 Å². The summed E-state index contributed by atoms with van der Waals surface area (Å²) >= 11 is 0. The van der Waals surface area contributed by atoms with Crippen LogP contribution >= 0.6 is 0 Å². The highest BCUT2D eigenvalue weighted by Gasteiger charge is 2.29. The van der Waals surface area contributed by atoms with Gasteiger partial charge in [0.15, 0.2) is 17.5 Å². The van der Waals surface area contributed by atoms with Gasteiger partial charge < -0.3 is 24.6 Å². The first-order valence-corrected chi connectivity index (χ1v) is 10.9. The van der Waals surface area contributed by atoms with Crippen LogP contribution in [0.25, 0.3) is 0 Å². The van der Waals surface area contributed by atoms with Crippen LogP contribution in [0.2, 0.25) is 0 Å². The SMILES string of the molecule is CN=C(NCC(C)(C)c1ccc(OC)c(OC)c1)N1CCC(CN2CCCC2)C1. The van der Waals surface area contributed by atoms with Crippen LogP contribution in [0.3, 0.4) is 0 Å². The highest BCUT2D eigenvalue weighted by atomic mass is 16.5. The van der Waals surface area contributed by atoms with Crippen molar-refractivity contribution in [3.8, 4) is 11.5 Å². The average Bonchev–Trinajstić information content (AvgIpc) is 3.40. The minimum atomic E-state index is -0.0653. The van der Waals surface area contributed by atoms with E-state index in [9.17, 15) is 0 Å². The fourth-order valence-electron chi connectivity index (χ4n) is 4.50. The molecule has 1 unspecified atom stereocenters. The largest absolute Gasteiger partial charge is 0.493 e. The highest BCUT2D eigenvalue weighted by molar-refractivity contribution is 5.80. The third-order valence-electron chi connectivity index (χ3n) is 6.37. The van der Waals surface area contributed by atoms with Crippen molar-refractivity contribution in [2.24, 2.45) is 10.9 Å². The number of hydrogen-bond donors (Lipinski definition) is 1. The summed E-state index contributed by atoms with van der Waals surface area (Å²) in [5, 5.41) is 3.62. The van der Waals surface area contributed by atoms with Gasteiger partial charge in [0.25, 0.3) is 0 Å². The van der Waals surface area contributed by atoms with Gasteiger partial charge in [0.05, 0.1) is 14.2 Å². The quantitative estimate of drug-likeness (QED) is 0.561. The van der Waals surface area contributed by atoms with Crippen LogP contribution in [0.1, 0.15) is 38.7 Å². The van der Waals surface area contributed by atoms with Crippen molar-refractivity contribution in [1.29, 1.82) is 0 Å². The molecular formula is C23H38N4O2. The number of guanidine groups is 1. The van der Waals surface area contributed by atoms with Gasteiger partial charge >= 0.3 is 0 Å². The predicted molar refractivity (Wildman–Crippen MR) is 119 cm³/mol.